The smallest absolute Gasteiger partial charge is 0.253 e. The van der Waals surface area contributed by atoms with Gasteiger partial charge in [-0.1, -0.05) is 12.1 Å². The Bertz CT molecular complexity index is 1410. The Kier molecular flexibility index (Phi) is 5.98. The highest BCUT2D eigenvalue weighted by molar-refractivity contribution is 6.11. The molecule has 9 nitrogen and oxygen atoms in total. The van der Waals surface area contributed by atoms with Gasteiger partial charge in [0.25, 0.3) is 5.91 Å². The van der Waals surface area contributed by atoms with Crippen molar-refractivity contribution in [3.05, 3.63) is 59.3 Å². The third-order valence-electron chi connectivity index (χ3n) is 8.33. The second-order valence-corrected chi connectivity index (χ2v) is 11.0. The van der Waals surface area contributed by atoms with Crippen LogP contribution in [0.3, 0.4) is 0 Å². The van der Waals surface area contributed by atoms with Crippen molar-refractivity contribution in [2.75, 3.05) is 37.6 Å². The van der Waals surface area contributed by atoms with Crippen molar-refractivity contribution in [3.63, 3.8) is 0 Å². The van der Waals surface area contributed by atoms with Gasteiger partial charge in [0.05, 0.1) is 29.3 Å². The van der Waals surface area contributed by atoms with E-state index in [2.05, 4.69) is 10.2 Å². The fraction of sp³-hybridized carbons (Fsp3) is 0.448. The first kappa shape index (κ1) is 24.6. The van der Waals surface area contributed by atoms with Crippen LogP contribution in [0.5, 0.6) is 0 Å². The van der Waals surface area contributed by atoms with Gasteiger partial charge in [-0.15, -0.1) is 0 Å². The average molecular weight is 516 g/mol. The van der Waals surface area contributed by atoms with E-state index in [0.29, 0.717) is 44.6 Å². The van der Waals surface area contributed by atoms with Gasteiger partial charge >= 0.3 is 0 Å². The van der Waals surface area contributed by atoms with Crippen molar-refractivity contribution in [2.24, 2.45) is 0 Å². The summed E-state index contributed by atoms with van der Waals surface area (Å²) in [5.74, 6) is -0.135. The van der Waals surface area contributed by atoms with Crippen LogP contribution in [0.4, 0.5) is 5.69 Å². The van der Waals surface area contributed by atoms with Crippen molar-refractivity contribution in [3.8, 4) is 0 Å². The van der Waals surface area contributed by atoms with Crippen molar-refractivity contribution in [1.29, 1.82) is 0 Å². The highest BCUT2D eigenvalue weighted by Crippen LogP contribution is 2.49. The Balaban J connectivity index is 1.23. The van der Waals surface area contributed by atoms with E-state index in [0.717, 1.165) is 27.7 Å². The van der Waals surface area contributed by atoms with E-state index in [4.69, 9.17) is 4.74 Å². The molecule has 1 spiro atoms. The van der Waals surface area contributed by atoms with Crippen LogP contribution >= 0.6 is 0 Å². The van der Waals surface area contributed by atoms with E-state index in [1.807, 2.05) is 67.0 Å². The molecule has 2 aromatic carbocycles. The Labute approximate surface area is 221 Å². The van der Waals surface area contributed by atoms with E-state index in [1.165, 1.54) is 0 Å². The van der Waals surface area contributed by atoms with Crippen LogP contribution in [0, 0.1) is 6.92 Å². The summed E-state index contributed by atoms with van der Waals surface area (Å²) >= 11 is 0. The molecule has 4 heterocycles. The summed E-state index contributed by atoms with van der Waals surface area (Å²) < 4.78 is 5.79. The van der Waals surface area contributed by atoms with Gasteiger partial charge in [0.15, 0.2) is 0 Å². The van der Waals surface area contributed by atoms with Gasteiger partial charge in [-0.05, 0) is 69.0 Å². The number of morpholine rings is 1. The number of nitrogens with one attached hydrogen (secondary N) is 1. The minimum absolute atomic E-state index is 0.0177. The Hall–Kier alpha value is -3.72. The maximum Gasteiger partial charge on any atom is 0.253 e. The molecule has 2 saturated heterocycles. The molecule has 2 atom stereocenters. The topological polar surface area (TPSA) is 98.8 Å². The molecule has 2 fully saturated rings. The third kappa shape index (κ3) is 3.96. The number of likely N-dealkylation sites (tertiary alicyclic amines) is 1. The van der Waals surface area contributed by atoms with Crippen LogP contribution in [0.1, 0.15) is 48.2 Å². The predicted molar refractivity (Wildman–Crippen MR) is 143 cm³/mol. The van der Waals surface area contributed by atoms with Gasteiger partial charge in [0.1, 0.15) is 6.54 Å². The lowest BCUT2D eigenvalue weighted by molar-refractivity contribution is -0.142. The minimum atomic E-state index is -0.724. The Morgan fingerprint density at radius 2 is 1.82 bits per heavy atom. The number of ether oxygens (including phenoxy) is 1. The molecular weight excluding hydrogens is 482 g/mol. The highest BCUT2D eigenvalue weighted by atomic mass is 16.5. The molecular formula is C29H33N5O4. The first-order chi connectivity index (χ1) is 18.3. The van der Waals surface area contributed by atoms with Crippen molar-refractivity contribution >= 4 is 34.3 Å². The number of hydrogen-bond donors (Lipinski definition) is 1. The molecule has 3 aliphatic heterocycles. The number of carbonyl (C=O) groups is 3. The largest absolute Gasteiger partial charge is 0.372 e. The molecule has 0 bridgehead atoms. The molecule has 3 amide bonds. The quantitative estimate of drug-likeness (QED) is 0.578. The van der Waals surface area contributed by atoms with Crippen molar-refractivity contribution < 1.29 is 19.1 Å². The van der Waals surface area contributed by atoms with Crippen LogP contribution in [-0.4, -0.2) is 82.7 Å². The maximum absolute atomic E-state index is 14.1. The number of aromatic nitrogens is 2. The first-order valence-corrected chi connectivity index (χ1v) is 13.3. The molecule has 6 rings (SSSR count). The average Bonchev–Trinajstić information content (AvgIpc) is 3.46. The molecule has 1 N–H and O–H groups in total. The summed E-state index contributed by atoms with van der Waals surface area (Å²) in [6.07, 6.45) is 2.70. The molecule has 0 aliphatic carbocycles. The molecule has 3 aliphatic rings. The number of aryl methyl sites for hydroxylation is 1. The fourth-order valence-electron chi connectivity index (χ4n) is 6.56. The zero-order valence-corrected chi connectivity index (χ0v) is 22.1. The standard InChI is InChI=1S/C29H33N5O4/c1-18-5-4-6-24-26(18)29(28(37)34(24)17-25(35)33-15-19(2)38-20(3)16-33)9-11-32(12-10-29)27(36)21-7-8-23-22(13-21)14-30-31-23/h4-8,13-14,19-20H,9-12,15-17H2,1-3H3,(H,30,31). The van der Waals surface area contributed by atoms with Gasteiger partial charge in [-0.25, -0.2) is 0 Å². The summed E-state index contributed by atoms with van der Waals surface area (Å²) in [5.41, 5.74) is 3.65. The lowest BCUT2D eigenvalue weighted by Crippen LogP contribution is -2.54. The van der Waals surface area contributed by atoms with Gasteiger partial charge in [0, 0.05) is 42.8 Å². The monoisotopic (exact) mass is 515 g/mol. The van der Waals surface area contributed by atoms with Gasteiger partial charge in [0.2, 0.25) is 11.8 Å². The van der Waals surface area contributed by atoms with E-state index in [1.54, 1.807) is 11.1 Å². The van der Waals surface area contributed by atoms with Crippen LogP contribution in [0.2, 0.25) is 0 Å². The Morgan fingerprint density at radius 3 is 2.55 bits per heavy atom. The third-order valence-corrected chi connectivity index (χ3v) is 8.33. The van der Waals surface area contributed by atoms with Crippen LogP contribution in [-0.2, 0) is 19.7 Å². The van der Waals surface area contributed by atoms with Gasteiger partial charge in [-0.2, -0.15) is 5.10 Å². The lowest BCUT2D eigenvalue weighted by atomic mass is 9.72. The van der Waals surface area contributed by atoms with Crippen LogP contribution in [0.25, 0.3) is 10.9 Å². The zero-order valence-electron chi connectivity index (χ0n) is 22.1. The number of anilines is 1. The second kappa shape index (κ2) is 9.23. The first-order valence-electron chi connectivity index (χ1n) is 13.3. The maximum atomic E-state index is 14.1. The number of carbonyl (C=O) groups excluding carboxylic acids is 3. The molecule has 0 radical (unpaired) electrons. The number of amides is 3. The number of nitrogens with zero attached hydrogens (tertiary/aromatic N) is 4. The molecule has 38 heavy (non-hydrogen) atoms. The normalized spacial score (nSPS) is 22.8. The number of rotatable bonds is 3. The number of hydrogen-bond acceptors (Lipinski definition) is 5. The van der Waals surface area contributed by atoms with Crippen LogP contribution in [0.15, 0.2) is 42.6 Å². The van der Waals surface area contributed by atoms with E-state index >= 15 is 0 Å². The van der Waals surface area contributed by atoms with E-state index in [-0.39, 0.29) is 36.5 Å². The molecule has 1 aromatic heterocycles. The number of aromatic amines is 1. The highest BCUT2D eigenvalue weighted by Gasteiger charge is 2.53. The molecule has 9 heteroatoms. The molecule has 2 unspecified atom stereocenters. The summed E-state index contributed by atoms with van der Waals surface area (Å²) in [4.78, 5) is 46.1. The number of piperidine rings is 1. The lowest BCUT2D eigenvalue weighted by Gasteiger charge is -2.39. The number of fused-ring (bicyclic) bond motifs is 3. The second-order valence-electron chi connectivity index (χ2n) is 11.0. The van der Waals surface area contributed by atoms with Gasteiger partial charge in [-0.3, -0.25) is 19.5 Å². The van der Waals surface area contributed by atoms with Crippen LogP contribution < -0.4 is 4.90 Å². The summed E-state index contributed by atoms with van der Waals surface area (Å²) in [6.45, 7) is 7.98. The van der Waals surface area contributed by atoms with Gasteiger partial charge < -0.3 is 19.4 Å². The minimum Gasteiger partial charge on any atom is -0.372 e. The SMILES string of the molecule is Cc1cccc2c1C1(CCN(C(=O)c3ccc4[nH]ncc4c3)CC1)C(=O)N2CC(=O)N1CC(C)OC(C)C1. The predicted octanol–water partition coefficient (Wildman–Crippen LogP) is 3.03. The Morgan fingerprint density at radius 1 is 1.08 bits per heavy atom. The van der Waals surface area contributed by atoms with E-state index in [9.17, 15) is 14.4 Å². The van der Waals surface area contributed by atoms with Crippen molar-refractivity contribution in [1.82, 2.24) is 20.0 Å². The summed E-state index contributed by atoms with van der Waals surface area (Å²) in [6, 6.07) is 11.5. The number of H-pyrrole nitrogens is 1. The molecule has 198 valence electrons. The summed E-state index contributed by atoms with van der Waals surface area (Å²) in [7, 11) is 0. The molecule has 3 aromatic rings. The fourth-order valence-corrected chi connectivity index (χ4v) is 6.56. The summed E-state index contributed by atoms with van der Waals surface area (Å²) in [5, 5.41) is 7.84. The zero-order chi connectivity index (χ0) is 26.6. The number of benzene rings is 2. The van der Waals surface area contributed by atoms with E-state index < -0.39 is 5.41 Å². The van der Waals surface area contributed by atoms with Crippen molar-refractivity contribution in [2.45, 2.75) is 51.2 Å². The molecule has 0 saturated carbocycles.